The molecule has 2 unspecified atom stereocenters. The molecule has 2 aliphatic heterocycles. The zero-order valence-electron chi connectivity index (χ0n) is 22.4. The van der Waals surface area contributed by atoms with Crippen molar-refractivity contribution in [2.24, 2.45) is 0 Å². The maximum Gasteiger partial charge on any atom is 0.228 e. The van der Waals surface area contributed by atoms with Crippen molar-refractivity contribution in [1.82, 2.24) is 14.5 Å². The third-order valence-electron chi connectivity index (χ3n) is 6.91. The van der Waals surface area contributed by atoms with Gasteiger partial charge in [-0.15, -0.1) is 0 Å². The number of aromatic nitrogens is 3. The van der Waals surface area contributed by atoms with Crippen molar-refractivity contribution in [3.63, 3.8) is 0 Å². The van der Waals surface area contributed by atoms with E-state index < -0.39 is 8.07 Å². The summed E-state index contributed by atoms with van der Waals surface area (Å²) in [6, 6.07) is 4.23. The molecule has 3 aromatic rings. The highest BCUT2D eigenvalue weighted by atomic mass is 35.5. The van der Waals surface area contributed by atoms with Gasteiger partial charge in [0.2, 0.25) is 11.2 Å². The largest absolute Gasteiger partial charge is 0.491 e. The minimum absolute atomic E-state index is 0.0551. The zero-order valence-corrected chi connectivity index (χ0v) is 24.9. The van der Waals surface area contributed by atoms with Crippen molar-refractivity contribution in [2.45, 2.75) is 57.4 Å². The first-order valence-electron chi connectivity index (χ1n) is 13.1. The SMILES string of the molecule is C[Si](C)(C)CCOCn1cc(Cl)c2c(OCCCOc3cc(N4CC5CC4CO5)c(F)cc3N)nc(Cl)nc21. The van der Waals surface area contributed by atoms with Gasteiger partial charge in [0.15, 0.2) is 5.65 Å². The highest BCUT2D eigenvalue weighted by Gasteiger charge is 2.40. The fourth-order valence-electron chi connectivity index (χ4n) is 4.83. The van der Waals surface area contributed by atoms with Crippen LogP contribution >= 0.6 is 23.2 Å². The Morgan fingerprint density at radius 3 is 2.67 bits per heavy atom. The van der Waals surface area contributed by atoms with Gasteiger partial charge >= 0.3 is 0 Å². The highest BCUT2D eigenvalue weighted by molar-refractivity contribution is 6.76. The number of rotatable bonds is 12. The number of hydrogen-bond donors (Lipinski definition) is 1. The van der Waals surface area contributed by atoms with Crippen LogP contribution in [0.4, 0.5) is 15.8 Å². The van der Waals surface area contributed by atoms with Crippen molar-refractivity contribution in [2.75, 3.05) is 43.6 Å². The van der Waals surface area contributed by atoms with Crippen LogP contribution in [-0.4, -0.2) is 67.7 Å². The number of nitrogens with zero attached hydrogens (tertiary/aromatic N) is 4. The van der Waals surface area contributed by atoms with Crippen molar-refractivity contribution < 1.29 is 23.3 Å². The molecule has 0 aliphatic carbocycles. The van der Waals surface area contributed by atoms with E-state index >= 15 is 0 Å². The smallest absolute Gasteiger partial charge is 0.228 e. The second kappa shape index (κ2) is 11.7. The maximum atomic E-state index is 14.7. The van der Waals surface area contributed by atoms with Crippen LogP contribution in [-0.2, 0) is 16.2 Å². The molecule has 1 aromatic carbocycles. The maximum absolute atomic E-state index is 14.7. The Morgan fingerprint density at radius 2 is 1.95 bits per heavy atom. The van der Waals surface area contributed by atoms with Crippen LogP contribution in [0.25, 0.3) is 11.0 Å². The summed E-state index contributed by atoms with van der Waals surface area (Å²) in [5.74, 6) is 0.383. The first-order valence-corrected chi connectivity index (χ1v) is 17.6. The molecular weight excluding hydrogens is 564 g/mol. The third kappa shape index (κ3) is 6.54. The molecule has 2 atom stereocenters. The van der Waals surface area contributed by atoms with Gasteiger partial charge in [0, 0.05) is 46.0 Å². The summed E-state index contributed by atoms with van der Waals surface area (Å²) in [5, 5.41) is 1.08. The van der Waals surface area contributed by atoms with Gasteiger partial charge in [-0.1, -0.05) is 31.2 Å². The number of nitrogens with two attached hydrogens (primary N) is 1. The van der Waals surface area contributed by atoms with Gasteiger partial charge in [0.05, 0.1) is 53.8 Å². The highest BCUT2D eigenvalue weighted by Crippen LogP contribution is 2.38. The van der Waals surface area contributed by atoms with E-state index in [9.17, 15) is 4.39 Å². The second-order valence-corrected chi connectivity index (χ2v) is 17.5. The summed E-state index contributed by atoms with van der Waals surface area (Å²) in [6.07, 6.45) is 3.34. The van der Waals surface area contributed by atoms with Crippen molar-refractivity contribution in [3.05, 3.63) is 34.5 Å². The van der Waals surface area contributed by atoms with Gasteiger partial charge in [0.25, 0.3) is 0 Å². The Morgan fingerprint density at radius 1 is 1.15 bits per heavy atom. The van der Waals surface area contributed by atoms with Gasteiger partial charge in [-0.05, 0) is 24.1 Å². The van der Waals surface area contributed by atoms with E-state index in [1.165, 1.54) is 6.07 Å². The first-order chi connectivity index (χ1) is 18.6. The fourth-order valence-corrected chi connectivity index (χ4v) is 6.03. The number of anilines is 2. The summed E-state index contributed by atoms with van der Waals surface area (Å²) in [4.78, 5) is 10.6. The topological polar surface area (TPSA) is 96.9 Å². The number of halogens is 3. The monoisotopic (exact) mass is 597 g/mol. The number of fused-ring (bicyclic) bond motifs is 3. The number of morpholine rings is 1. The molecule has 2 aliphatic rings. The fraction of sp³-hybridized carbons (Fsp3) is 0.538. The Balaban J connectivity index is 1.18. The molecule has 2 fully saturated rings. The van der Waals surface area contributed by atoms with Crippen LogP contribution in [0.3, 0.4) is 0 Å². The molecule has 13 heteroatoms. The lowest BCUT2D eigenvalue weighted by atomic mass is 10.2. The summed E-state index contributed by atoms with van der Waals surface area (Å²) in [6.45, 7) is 9.77. The van der Waals surface area contributed by atoms with Gasteiger partial charge in [-0.25, -0.2) is 4.39 Å². The molecule has 9 nitrogen and oxygen atoms in total. The van der Waals surface area contributed by atoms with Crippen LogP contribution in [0.1, 0.15) is 12.8 Å². The van der Waals surface area contributed by atoms with Crippen LogP contribution in [0.2, 0.25) is 36.0 Å². The lowest BCUT2D eigenvalue weighted by molar-refractivity contribution is 0.0899. The third-order valence-corrected chi connectivity index (χ3v) is 9.07. The second-order valence-electron chi connectivity index (χ2n) is 11.2. The van der Waals surface area contributed by atoms with Crippen LogP contribution < -0.4 is 20.1 Å². The average molecular weight is 599 g/mol. The molecule has 0 spiro atoms. The average Bonchev–Trinajstić information content (AvgIpc) is 3.57. The quantitative estimate of drug-likeness (QED) is 0.125. The normalized spacial score (nSPS) is 18.9. The van der Waals surface area contributed by atoms with E-state index in [1.807, 2.05) is 4.90 Å². The predicted molar refractivity (Wildman–Crippen MR) is 154 cm³/mol. The lowest BCUT2D eigenvalue weighted by Gasteiger charge is -2.29. The summed E-state index contributed by atoms with van der Waals surface area (Å²) in [7, 11) is -1.19. The van der Waals surface area contributed by atoms with E-state index in [0.717, 1.165) is 12.5 Å². The minimum atomic E-state index is -1.19. The van der Waals surface area contributed by atoms with Gasteiger partial charge in [-0.2, -0.15) is 9.97 Å². The molecule has 4 heterocycles. The van der Waals surface area contributed by atoms with Gasteiger partial charge in [0.1, 0.15) is 18.3 Å². The molecule has 0 saturated carbocycles. The molecule has 2 aromatic heterocycles. The number of benzene rings is 1. The number of ether oxygens (including phenoxy) is 4. The van der Waals surface area contributed by atoms with E-state index in [4.69, 9.17) is 47.9 Å². The number of hydrogen-bond acceptors (Lipinski definition) is 8. The molecule has 39 heavy (non-hydrogen) atoms. The van der Waals surface area contributed by atoms with Crippen LogP contribution in [0, 0.1) is 5.82 Å². The van der Waals surface area contributed by atoms with E-state index in [1.54, 1.807) is 16.8 Å². The predicted octanol–water partition coefficient (Wildman–Crippen LogP) is 5.60. The molecule has 2 bridgehead atoms. The van der Waals surface area contributed by atoms with Gasteiger partial charge < -0.3 is 34.1 Å². The summed E-state index contributed by atoms with van der Waals surface area (Å²) in [5.41, 5.74) is 7.33. The molecular formula is C26H34Cl2FN5O4Si. The Bertz CT molecular complexity index is 1340. The number of nitrogen functional groups attached to an aromatic ring is 1. The van der Waals surface area contributed by atoms with Crippen molar-refractivity contribution in [3.8, 4) is 11.6 Å². The molecule has 5 rings (SSSR count). The molecule has 0 amide bonds. The minimum Gasteiger partial charge on any atom is -0.491 e. The van der Waals surface area contributed by atoms with E-state index in [-0.39, 0.29) is 35.5 Å². The lowest BCUT2D eigenvalue weighted by Crippen LogP contribution is -2.37. The Kier molecular flexibility index (Phi) is 8.44. The molecule has 2 saturated heterocycles. The Labute approximate surface area is 238 Å². The zero-order chi connectivity index (χ0) is 27.7. The molecule has 0 radical (unpaired) electrons. The van der Waals surface area contributed by atoms with Crippen LogP contribution in [0.15, 0.2) is 18.3 Å². The molecule has 212 valence electrons. The van der Waals surface area contributed by atoms with Crippen molar-refractivity contribution in [1.29, 1.82) is 0 Å². The first kappa shape index (κ1) is 28.2. The van der Waals surface area contributed by atoms with Crippen molar-refractivity contribution >= 4 is 53.7 Å². The summed E-state index contributed by atoms with van der Waals surface area (Å²) < 4.78 is 39.8. The van der Waals surface area contributed by atoms with E-state index in [2.05, 4.69) is 29.6 Å². The standard InChI is InChI=1S/C26H34Cl2FN5O4Si/c1-39(2,3)8-7-35-15-33-13-18(27)23-24(33)31-26(28)32-25(23)37-6-4-5-36-22-11-21(19(29)10-20(22)30)34-12-17-9-16(34)14-38-17/h10-11,13,16-17H,4-9,12,14-15,30H2,1-3H3. The van der Waals surface area contributed by atoms with E-state index in [0.29, 0.717) is 72.9 Å². The Hall–Kier alpha value is -2.31. The van der Waals surface area contributed by atoms with Crippen LogP contribution in [0.5, 0.6) is 11.6 Å². The molecule has 2 N–H and O–H groups in total. The summed E-state index contributed by atoms with van der Waals surface area (Å²) >= 11 is 12.7. The van der Waals surface area contributed by atoms with Gasteiger partial charge in [-0.3, -0.25) is 0 Å².